The molecular formula is C12H21NOS. The summed E-state index contributed by atoms with van der Waals surface area (Å²) < 4.78 is 5.54. The Morgan fingerprint density at radius 2 is 2.13 bits per heavy atom. The predicted molar refractivity (Wildman–Crippen MR) is 67.7 cm³/mol. The van der Waals surface area contributed by atoms with E-state index in [0.29, 0.717) is 6.04 Å². The zero-order valence-corrected chi connectivity index (χ0v) is 10.8. The van der Waals surface area contributed by atoms with Crippen molar-refractivity contribution in [2.45, 2.75) is 18.6 Å². The number of hydrogen-bond acceptors (Lipinski definition) is 2. The van der Waals surface area contributed by atoms with Crippen molar-refractivity contribution in [2.75, 3.05) is 44.2 Å². The highest BCUT2D eigenvalue weighted by molar-refractivity contribution is 8.32. The SMILES string of the molecule is CS(C)(C)CCCN1C[C@H]2C#C[C@@H]1CO2. The van der Waals surface area contributed by atoms with E-state index in [-0.39, 0.29) is 16.1 Å². The first-order valence-corrected chi connectivity index (χ1v) is 8.60. The van der Waals surface area contributed by atoms with Crippen molar-refractivity contribution in [3.8, 4) is 11.8 Å². The molecule has 86 valence electrons. The van der Waals surface area contributed by atoms with Gasteiger partial charge in [-0.25, -0.2) is 10.0 Å². The topological polar surface area (TPSA) is 12.5 Å². The first-order chi connectivity index (χ1) is 7.04. The molecule has 2 nitrogen and oxygen atoms in total. The number of fused-ring (bicyclic) bond motifs is 2. The Morgan fingerprint density at radius 3 is 2.60 bits per heavy atom. The lowest BCUT2D eigenvalue weighted by Crippen LogP contribution is -2.51. The smallest absolute Gasteiger partial charge is 0.131 e. The van der Waals surface area contributed by atoms with Gasteiger partial charge in [0.25, 0.3) is 0 Å². The van der Waals surface area contributed by atoms with Gasteiger partial charge < -0.3 is 4.74 Å². The molecule has 0 aromatic heterocycles. The van der Waals surface area contributed by atoms with Crippen LogP contribution in [0.5, 0.6) is 0 Å². The van der Waals surface area contributed by atoms with Crippen LogP contribution < -0.4 is 0 Å². The molecule has 1 saturated heterocycles. The third kappa shape index (κ3) is 3.14. The third-order valence-corrected chi connectivity index (χ3v) is 4.42. The first kappa shape index (κ1) is 11.3. The Balaban J connectivity index is 1.76. The van der Waals surface area contributed by atoms with Crippen LogP contribution in [0, 0.1) is 11.8 Å². The summed E-state index contributed by atoms with van der Waals surface area (Å²) in [6.07, 6.45) is 8.66. The van der Waals surface area contributed by atoms with Crippen LogP contribution in [0.25, 0.3) is 0 Å². The molecule has 0 aromatic rings. The molecule has 2 atom stereocenters. The largest absolute Gasteiger partial charge is 0.362 e. The highest BCUT2D eigenvalue weighted by Crippen LogP contribution is 2.35. The van der Waals surface area contributed by atoms with Gasteiger partial charge in [0.05, 0.1) is 12.6 Å². The van der Waals surface area contributed by atoms with Crippen LogP contribution in [0.3, 0.4) is 0 Å². The van der Waals surface area contributed by atoms with Gasteiger partial charge in [-0.15, -0.1) is 0 Å². The van der Waals surface area contributed by atoms with Crippen molar-refractivity contribution in [1.82, 2.24) is 4.90 Å². The minimum absolute atomic E-state index is 0.192. The van der Waals surface area contributed by atoms with Gasteiger partial charge >= 0.3 is 0 Å². The van der Waals surface area contributed by atoms with Crippen molar-refractivity contribution < 1.29 is 4.74 Å². The second-order valence-electron chi connectivity index (χ2n) is 5.27. The van der Waals surface area contributed by atoms with Crippen LogP contribution in [-0.4, -0.2) is 61.3 Å². The van der Waals surface area contributed by atoms with Crippen molar-refractivity contribution in [3.05, 3.63) is 0 Å². The van der Waals surface area contributed by atoms with E-state index < -0.39 is 0 Å². The molecule has 3 aliphatic heterocycles. The first-order valence-electron chi connectivity index (χ1n) is 5.57. The highest BCUT2D eigenvalue weighted by Gasteiger charge is 2.29. The van der Waals surface area contributed by atoms with Gasteiger partial charge in [-0.3, -0.25) is 4.90 Å². The summed E-state index contributed by atoms with van der Waals surface area (Å²) in [6.45, 7) is 3.04. The van der Waals surface area contributed by atoms with E-state index in [1.165, 1.54) is 18.7 Å². The minimum atomic E-state index is -0.332. The maximum absolute atomic E-state index is 5.54. The summed E-state index contributed by atoms with van der Waals surface area (Å²) in [6, 6.07) is 0.380. The van der Waals surface area contributed by atoms with E-state index in [4.69, 9.17) is 4.74 Å². The van der Waals surface area contributed by atoms with Gasteiger partial charge in [0.15, 0.2) is 0 Å². The Bertz CT molecular complexity index is 286. The molecule has 15 heavy (non-hydrogen) atoms. The van der Waals surface area contributed by atoms with E-state index in [9.17, 15) is 0 Å². The zero-order valence-electron chi connectivity index (χ0n) is 9.95. The van der Waals surface area contributed by atoms with E-state index in [1.807, 2.05) is 0 Å². The fraction of sp³-hybridized carbons (Fsp3) is 0.833. The molecule has 0 spiro atoms. The maximum Gasteiger partial charge on any atom is 0.131 e. The van der Waals surface area contributed by atoms with E-state index >= 15 is 0 Å². The number of morpholine rings is 1. The van der Waals surface area contributed by atoms with Gasteiger partial charge in [-0.1, -0.05) is 11.8 Å². The van der Waals surface area contributed by atoms with Crippen LogP contribution in [0.2, 0.25) is 0 Å². The molecule has 1 fully saturated rings. The second kappa shape index (κ2) is 4.37. The molecule has 3 heteroatoms. The Morgan fingerprint density at radius 1 is 1.33 bits per heavy atom. The normalized spacial score (nSPS) is 31.1. The minimum Gasteiger partial charge on any atom is -0.362 e. The summed E-state index contributed by atoms with van der Waals surface area (Å²) in [4.78, 5) is 2.50. The van der Waals surface area contributed by atoms with Gasteiger partial charge in [0.2, 0.25) is 0 Å². The van der Waals surface area contributed by atoms with Crippen LogP contribution in [-0.2, 0) is 4.74 Å². The van der Waals surface area contributed by atoms with Gasteiger partial charge in [0, 0.05) is 13.1 Å². The fourth-order valence-corrected chi connectivity index (χ4v) is 3.06. The lowest BCUT2D eigenvalue weighted by Gasteiger charge is -2.39. The van der Waals surface area contributed by atoms with Crippen LogP contribution in [0.4, 0.5) is 0 Å². The maximum atomic E-state index is 5.54. The van der Waals surface area contributed by atoms with Crippen molar-refractivity contribution in [3.63, 3.8) is 0 Å². The van der Waals surface area contributed by atoms with Crippen molar-refractivity contribution >= 4 is 10.0 Å². The predicted octanol–water partition coefficient (Wildman–Crippen LogP) is 1.16. The molecule has 0 radical (unpaired) electrons. The average molecular weight is 227 g/mol. The highest BCUT2D eigenvalue weighted by atomic mass is 32.3. The molecule has 2 bridgehead atoms. The second-order valence-corrected chi connectivity index (χ2v) is 9.86. The molecular weight excluding hydrogens is 206 g/mol. The Kier molecular flexibility index (Phi) is 3.30. The number of nitrogens with zero attached hydrogens (tertiary/aromatic N) is 1. The van der Waals surface area contributed by atoms with Gasteiger partial charge in [-0.05, 0) is 30.9 Å². The Labute approximate surface area is 94.7 Å². The van der Waals surface area contributed by atoms with E-state index in [1.54, 1.807) is 0 Å². The van der Waals surface area contributed by atoms with Crippen molar-refractivity contribution in [1.29, 1.82) is 0 Å². The van der Waals surface area contributed by atoms with Gasteiger partial charge in [-0.2, -0.15) is 0 Å². The molecule has 3 heterocycles. The van der Waals surface area contributed by atoms with Gasteiger partial charge in [0.1, 0.15) is 6.10 Å². The molecule has 3 rings (SSSR count). The van der Waals surface area contributed by atoms with Crippen LogP contribution in [0.1, 0.15) is 6.42 Å². The number of hydrogen-bond donors (Lipinski definition) is 0. The standard InChI is InChI=1S/C12H21NOS/c1-15(2,3)8-4-7-13-9-12-6-5-11(13)10-14-12/h11-12H,4,7-10H2,1-3H3/t11-,12-/m1/s1. The lowest BCUT2D eigenvalue weighted by molar-refractivity contribution is -0.0277. The number of ether oxygens (including phenoxy) is 1. The number of rotatable bonds is 4. The fourth-order valence-electron chi connectivity index (χ4n) is 2.06. The monoisotopic (exact) mass is 227 g/mol. The molecule has 0 amide bonds. The molecule has 3 aliphatic rings. The summed E-state index contributed by atoms with van der Waals surface area (Å²) >= 11 is 0. The summed E-state index contributed by atoms with van der Waals surface area (Å²) in [5.41, 5.74) is 0. The van der Waals surface area contributed by atoms with Crippen molar-refractivity contribution in [2.24, 2.45) is 0 Å². The third-order valence-electron chi connectivity index (χ3n) is 2.91. The van der Waals surface area contributed by atoms with E-state index in [0.717, 1.165) is 13.2 Å². The quantitative estimate of drug-likeness (QED) is 0.668. The molecule has 0 N–H and O–H groups in total. The summed E-state index contributed by atoms with van der Waals surface area (Å²) in [7, 11) is -0.332. The van der Waals surface area contributed by atoms with Crippen LogP contribution in [0.15, 0.2) is 0 Å². The summed E-state index contributed by atoms with van der Waals surface area (Å²) in [5, 5.41) is 0. The Hall–Kier alpha value is -0.170. The average Bonchev–Trinajstić information content (AvgIpc) is 2.17. The van der Waals surface area contributed by atoms with E-state index in [2.05, 4.69) is 35.5 Å². The molecule has 0 saturated carbocycles. The molecule has 0 aliphatic carbocycles. The van der Waals surface area contributed by atoms with Crippen LogP contribution >= 0.6 is 10.0 Å². The molecule has 0 aromatic carbocycles. The molecule has 0 unspecified atom stereocenters. The lowest BCUT2D eigenvalue weighted by atomic mass is 10.1. The summed E-state index contributed by atoms with van der Waals surface area (Å²) in [5.74, 6) is 7.79. The zero-order chi connectivity index (χ0) is 10.9.